The topological polar surface area (TPSA) is 146 Å². The SMILES string of the molecule is C=C(COc1ccccc1C(C)=O)[C@H](Cc1ccccc1)NC(=O)OC(C)(C)C.CC(=O)c1ccccc1OCC(=O)[C@H](Cc1ccccc1)NC(=O)OC(C)(C)C. The Labute approximate surface area is 342 Å². The molecule has 2 atom stereocenters. The van der Waals surface area contributed by atoms with E-state index >= 15 is 0 Å². The van der Waals surface area contributed by atoms with E-state index in [1.807, 2.05) is 87.5 Å². The number of hydrogen-bond acceptors (Lipinski definition) is 9. The van der Waals surface area contributed by atoms with E-state index in [0.717, 1.165) is 11.1 Å². The first-order chi connectivity index (χ1) is 27.3. The molecule has 0 aromatic heterocycles. The van der Waals surface area contributed by atoms with Crippen LogP contribution in [0, 0.1) is 0 Å². The predicted octanol–water partition coefficient (Wildman–Crippen LogP) is 8.93. The Hall–Kier alpha value is -6.23. The maximum atomic E-state index is 12.8. The van der Waals surface area contributed by atoms with Gasteiger partial charge in [-0.2, -0.15) is 0 Å². The highest BCUT2D eigenvalue weighted by molar-refractivity contribution is 5.97. The summed E-state index contributed by atoms with van der Waals surface area (Å²) in [6.45, 7) is 17.6. The van der Waals surface area contributed by atoms with E-state index in [1.165, 1.54) is 13.8 Å². The van der Waals surface area contributed by atoms with Crippen molar-refractivity contribution >= 4 is 29.5 Å². The van der Waals surface area contributed by atoms with Gasteiger partial charge < -0.3 is 29.6 Å². The van der Waals surface area contributed by atoms with Crippen LogP contribution in [0.4, 0.5) is 9.59 Å². The molecule has 2 N–H and O–H groups in total. The van der Waals surface area contributed by atoms with Crippen LogP contribution < -0.4 is 20.1 Å². The van der Waals surface area contributed by atoms with Crippen molar-refractivity contribution in [1.82, 2.24) is 10.6 Å². The lowest BCUT2D eigenvalue weighted by molar-refractivity contribution is -0.123. The molecular weight excluding hydrogens is 737 g/mol. The molecule has 0 fully saturated rings. The highest BCUT2D eigenvalue weighted by Gasteiger charge is 2.26. The molecule has 0 aliphatic carbocycles. The van der Waals surface area contributed by atoms with Gasteiger partial charge in [-0.15, -0.1) is 0 Å². The molecule has 58 heavy (non-hydrogen) atoms. The van der Waals surface area contributed by atoms with Gasteiger partial charge in [-0.3, -0.25) is 14.4 Å². The van der Waals surface area contributed by atoms with Crippen molar-refractivity contribution in [1.29, 1.82) is 0 Å². The second-order valence-electron chi connectivity index (χ2n) is 15.6. The minimum absolute atomic E-state index is 0.0704. The first-order valence-corrected chi connectivity index (χ1v) is 19.0. The highest BCUT2D eigenvalue weighted by atomic mass is 16.6. The lowest BCUT2D eigenvalue weighted by Gasteiger charge is -2.25. The first-order valence-electron chi connectivity index (χ1n) is 19.0. The molecule has 308 valence electrons. The highest BCUT2D eigenvalue weighted by Crippen LogP contribution is 2.21. The summed E-state index contributed by atoms with van der Waals surface area (Å²) < 4.78 is 22.1. The molecular formula is C47H56N2O9. The average molecular weight is 793 g/mol. The quantitative estimate of drug-likeness (QED) is 0.0839. The molecule has 0 bridgehead atoms. The van der Waals surface area contributed by atoms with Gasteiger partial charge in [-0.05, 0) is 103 Å². The summed E-state index contributed by atoms with van der Waals surface area (Å²) in [6, 6.07) is 31.8. The lowest BCUT2D eigenvalue weighted by Crippen LogP contribution is -2.46. The first kappa shape index (κ1) is 46.2. The van der Waals surface area contributed by atoms with Gasteiger partial charge in [0.2, 0.25) is 0 Å². The van der Waals surface area contributed by atoms with Gasteiger partial charge in [-0.25, -0.2) is 9.59 Å². The molecule has 0 radical (unpaired) electrons. The third-order valence-corrected chi connectivity index (χ3v) is 8.14. The number of para-hydroxylation sites is 2. The fraction of sp³-hybridized carbons (Fsp3) is 0.340. The van der Waals surface area contributed by atoms with Crippen LogP contribution in [0.2, 0.25) is 0 Å². The molecule has 11 heteroatoms. The van der Waals surface area contributed by atoms with Gasteiger partial charge in [0.05, 0.1) is 23.2 Å². The molecule has 2 amide bonds. The molecule has 0 aliphatic rings. The number of alkyl carbamates (subject to hydrolysis) is 2. The van der Waals surface area contributed by atoms with Crippen molar-refractivity contribution in [3.8, 4) is 11.5 Å². The molecule has 0 unspecified atom stereocenters. The van der Waals surface area contributed by atoms with E-state index in [2.05, 4.69) is 17.2 Å². The van der Waals surface area contributed by atoms with Crippen molar-refractivity contribution in [3.05, 3.63) is 144 Å². The fourth-order valence-corrected chi connectivity index (χ4v) is 5.43. The molecule has 0 heterocycles. The molecule has 4 rings (SSSR count). The number of nitrogens with one attached hydrogen (secondary N) is 2. The fourth-order valence-electron chi connectivity index (χ4n) is 5.43. The summed E-state index contributed by atoms with van der Waals surface area (Å²) in [6.07, 6.45) is -0.326. The molecule has 0 saturated carbocycles. The van der Waals surface area contributed by atoms with Gasteiger partial charge in [0, 0.05) is 6.42 Å². The summed E-state index contributed by atoms with van der Waals surface area (Å²) in [4.78, 5) is 60.9. The number of hydrogen-bond donors (Lipinski definition) is 2. The Kier molecular flexibility index (Phi) is 17.4. The van der Waals surface area contributed by atoms with E-state index < -0.39 is 29.4 Å². The average Bonchev–Trinajstić information content (AvgIpc) is 3.15. The number of benzene rings is 4. The van der Waals surface area contributed by atoms with Crippen LogP contribution in [0.15, 0.2) is 121 Å². The van der Waals surface area contributed by atoms with Crippen LogP contribution in [-0.4, -0.2) is 66.0 Å². The Morgan fingerprint density at radius 2 is 0.897 bits per heavy atom. The zero-order valence-electron chi connectivity index (χ0n) is 34.8. The molecule has 0 aliphatic heterocycles. The summed E-state index contributed by atoms with van der Waals surface area (Å²) in [5.41, 5.74) is 2.27. The Balaban J connectivity index is 0.000000310. The number of ketones is 3. The van der Waals surface area contributed by atoms with E-state index in [9.17, 15) is 24.0 Å². The summed E-state index contributed by atoms with van der Waals surface area (Å²) in [5.74, 6) is 0.290. The van der Waals surface area contributed by atoms with Crippen LogP contribution in [0.1, 0.15) is 87.2 Å². The zero-order chi connectivity index (χ0) is 42.9. The predicted molar refractivity (Wildman–Crippen MR) is 225 cm³/mol. The molecule has 0 saturated heterocycles. The van der Waals surface area contributed by atoms with Crippen molar-refractivity contribution in [2.75, 3.05) is 13.2 Å². The van der Waals surface area contributed by atoms with Gasteiger partial charge in [0.25, 0.3) is 0 Å². The van der Waals surface area contributed by atoms with E-state index in [1.54, 1.807) is 63.2 Å². The van der Waals surface area contributed by atoms with Crippen LogP contribution in [0.3, 0.4) is 0 Å². The number of ether oxygens (including phenoxy) is 4. The van der Waals surface area contributed by atoms with Gasteiger partial charge in [-0.1, -0.05) is 91.5 Å². The van der Waals surface area contributed by atoms with Crippen molar-refractivity contribution < 1.29 is 42.9 Å². The normalized spacial score (nSPS) is 12.0. The number of carbonyl (C=O) groups is 5. The third-order valence-electron chi connectivity index (χ3n) is 8.14. The second-order valence-corrected chi connectivity index (χ2v) is 15.6. The molecule has 0 spiro atoms. The Morgan fingerprint density at radius 3 is 1.31 bits per heavy atom. The van der Waals surface area contributed by atoms with Crippen LogP contribution in [0.5, 0.6) is 11.5 Å². The third kappa shape index (κ3) is 16.9. The number of rotatable bonds is 16. The molecule has 4 aromatic rings. The summed E-state index contributed by atoms with van der Waals surface area (Å²) >= 11 is 0. The molecule has 4 aromatic carbocycles. The van der Waals surface area contributed by atoms with E-state index in [0.29, 0.717) is 41.0 Å². The summed E-state index contributed by atoms with van der Waals surface area (Å²) in [5, 5.41) is 5.53. The standard InChI is InChI=1S/C24H29NO4.C23H27NO5/c1-17(16-28-22-14-10-9-13-20(22)18(2)26)21(15-19-11-7-6-8-12-19)25-23(27)29-24(3,4)5;1-16(25)18-12-8-9-13-21(18)28-15-20(26)19(14-17-10-6-5-7-11-17)24-22(27)29-23(2,3)4/h6-14,21H,1,15-16H2,2-5H3,(H,25,27);5-13,19H,14-15H2,1-4H3,(H,24,27)/t21-;19-/m00/s1. The lowest BCUT2D eigenvalue weighted by atomic mass is 10.0. The minimum atomic E-state index is -0.822. The number of carbonyl (C=O) groups excluding carboxylic acids is 5. The largest absolute Gasteiger partial charge is 0.488 e. The van der Waals surface area contributed by atoms with E-state index in [4.69, 9.17) is 18.9 Å². The Morgan fingerprint density at radius 1 is 0.534 bits per heavy atom. The van der Waals surface area contributed by atoms with Gasteiger partial charge >= 0.3 is 12.2 Å². The second kappa shape index (κ2) is 21.9. The number of Topliss-reactive ketones (excluding diaryl/α,β-unsaturated/α-hetero) is 3. The van der Waals surface area contributed by atoms with Crippen molar-refractivity contribution in [3.63, 3.8) is 0 Å². The van der Waals surface area contributed by atoms with Gasteiger partial charge in [0.15, 0.2) is 17.3 Å². The maximum Gasteiger partial charge on any atom is 0.408 e. The van der Waals surface area contributed by atoms with Crippen LogP contribution >= 0.6 is 0 Å². The maximum absolute atomic E-state index is 12.8. The number of amides is 2. The van der Waals surface area contributed by atoms with Crippen molar-refractivity contribution in [2.24, 2.45) is 0 Å². The summed E-state index contributed by atoms with van der Waals surface area (Å²) in [7, 11) is 0. The zero-order valence-corrected chi connectivity index (χ0v) is 34.8. The molecule has 11 nitrogen and oxygen atoms in total. The van der Waals surface area contributed by atoms with Crippen molar-refractivity contribution in [2.45, 2.75) is 91.5 Å². The minimum Gasteiger partial charge on any atom is -0.488 e. The monoisotopic (exact) mass is 792 g/mol. The van der Waals surface area contributed by atoms with Crippen LogP contribution in [0.25, 0.3) is 0 Å². The van der Waals surface area contributed by atoms with E-state index in [-0.39, 0.29) is 36.6 Å². The smallest absolute Gasteiger partial charge is 0.408 e. The van der Waals surface area contributed by atoms with Crippen LogP contribution in [-0.2, 0) is 27.1 Å². The Bertz CT molecular complexity index is 1850. The van der Waals surface area contributed by atoms with Gasteiger partial charge in [0.1, 0.15) is 35.9 Å².